The number of fused-ring (bicyclic) bond motifs is 1. The van der Waals surface area contributed by atoms with Gasteiger partial charge in [0.05, 0.1) is 12.2 Å². The third-order valence-electron chi connectivity index (χ3n) is 6.16. The van der Waals surface area contributed by atoms with Gasteiger partial charge in [-0.05, 0) is 55.4 Å². The zero-order valence-electron chi connectivity index (χ0n) is 22.6. The van der Waals surface area contributed by atoms with E-state index in [4.69, 9.17) is 9.47 Å². The van der Waals surface area contributed by atoms with E-state index in [-0.39, 0.29) is 12.4 Å². The van der Waals surface area contributed by atoms with E-state index in [1.54, 1.807) is 12.1 Å². The van der Waals surface area contributed by atoms with Crippen molar-refractivity contribution in [3.05, 3.63) is 125 Å². The smallest absolute Gasteiger partial charge is 0.430 e. The molecule has 4 aromatic rings. The molecule has 41 heavy (non-hydrogen) atoms. The van der Waals surface area contributed by atoms with Crippen LogP contribution in [0.15, 0.2) is 109 Å². The fourth-order valence-corrected chi connectivity index (χ4v) is 7.33. The van der Waals surface area contributed by atoms with Crippen LogP contribution in [0.3, 0.4) is 0 Å². The number of halogens is 4. The van der Waals surface area contributed by atoms with E-state index in [2.05, 4.69) is 114 Å². The van der Waals surface area contributed by atoms with Crippen molar-refractivity contribution in [1.29, 1.82) is 0 Å². The molecule has 0 radical (unpaired) electrons. The van der Waals surface area contributed by atoms with Crippen molar-refractivity contribution in [2.45, 2.75) is 30.6 Å². The largest absolute Gasteiger partial charge is 0.475 e. The van der Waals surface area contributed by atoms with Gasteiger partial charge in [-0.1, -0.05) is 120 Å². The van der Waals surface area contributed by atoms with Crippen LogP contribution in [0.25, 0.3) is 6.08 Å². The molecule has 4 aromatic carbocycles. The Labute approximate surface area is 253 Å². The minimum Gasteiger partial charge on any atom is -0.475 e. The highest BCUT2D eigenvalue weighted by molar-refractivity contribution is 14.1. The van der Waals surface area contributed by atoms with Gasteiger partial charge in [0.2, 0.25) is 6.10 Å². The van der Waals surface area contributed by atoms with Crippen molar-refractivity contribution in [1.82, 2.24) is 0 Å². The highest BCUT2D eigenvalue weighted by atomic mass is 127. The number of benzene rings is 4. The SMILES string of the molecule is CCOC(=O)C1=Cc2cc(C)cc(CI)c2OC1C(F)(F)F.c1ccc(P(c2ccccc2)c2ccccc2)cc1. The number of carbonyl (C=O) groups excluding carboxylic acids is 1. The number of alkyl halides is 4. The number of aryl methyl sites for hydroxylation is 1. The lowest BCUT2D eigenvalue weighted by Gasteiger charge is -2.29. The molecule has 1 aliphatic heterocycles. The Morgan fingerprint density at radius 1 is 0.878 bits per heavy atom. The van der Waals surface area contributed by atoms with Gasteiger partial charge in [-0.3, -0.25) is 0 Å². The molecule has 0 fully saturated rings. The summed E-state index contributed by atoms with van der Waals surface area (Å²) >= 11 is 2.06. The van der Waals surface area contributed by atoms with Crippen LogP contribution in [0.2, 0.25) is 0 Å². The highest BCUT2D eigenvalue weighted by Crippen LogP contribution is 2.40. The van der Waals surface area contributed by atoms with Crippen molar-refractivity contribution in [3.8, 4) is 5.75 Å². The number of hydrogen-bond acceptors (Lipinski definition) is 3. The van der Waals surface area contributed by atoms with Crippen molar-refractivity contribution in [3.63, 3.8) is 0 Å². The molecule has 3 nitrogen and oxygen atoms in total. The molecule has 1 heterocycles. The molecule has 1 atom stereocenters. The number of ether oxygens (including phenoxy) is 2. The van der Waals surface area contributed by atoms with Gasteiger partial charge in [-0.25, -0.2) is 4.79 Å². The predicted octanol–water partition coefficient (Wildman–Crippen LogP) is 7.64. The summed E-state index contributed by atoms with van der Waals surface area (Å²) in [4.78, 5) is 11.8. The quantitative estimate of drug-likeness (QED) is 0.0905. The second-order valence-corrected chi connectivity index (χ2v) is 12.2. The Morgan fingerprint density at radius 3 is 1.78 bits per heavy atom. The Hall–Kier alpha value is -3.16. The van der Waals surface area contributed by atoms with Crippen molar-refractivity contribution < 1.29 is 27.4 Å². The third kappa shape index (κ3) is 7.77. The second-order valence-electron chi connectivity index (χ2n) is 9.18. The monoisotopic (exact) mass is 688 g/mol. The van der Waals surface area contributed by atoms with Crippen molar-refractivity contribution in [2.24, 2.45) is 0 Å². The molecule has 1 aliphatic rings. The van der Waals surface area contributed by atoms with Gasteiger partial charge in [0.1, 0.15) is 5.75 Å². The summed E-state index contributed by atoms with van der Waals surface area (Å²) in [5, 5.41) is 4.19. The lowest BCUT2D eigenvalue weighted by atomic mass is 9.97. The first-order chi connectivity index (χ1) is 19.7. The molecule has 0 amide bonds. The molecular formula is C33H29F3IO3P. The predicted molar refractivity (Wildman–Crippen MR) is 169 cm³/mol. The van der Waals surface area contributed by atoms with Crippen LogP contribution in [0.5, 0.6) is 5.75 Å². The minimum absolute atomic E-state index is 0.000422. The number of rotatable bonds is 6. The van der Waals surface area contributed by atoms with Gasteiger partial charge in [-0.2, -0.15) is 13.2 Å². The standard InChI is InChI=1S/C18H15P.C15H14F3IO3/c1-4-10-16(11-5-1)19(17-12-6-2-7-13-17)18-14-8-3-9-15-18;1-3-21-14(20)11-6-9-4-8(2)5-10(7-19)12(9)22-13(11)15(16,17)18/h1-15H;4-6,13H,3,7H2,1-2H3. The molecular weight excluding hydrogens is 659 g/mol. The molecule has 0 saturated carbocycles. The molecule has 0 saturated heterocycles. The van der Waals surface area contributed by atoms with E-state index in [1.807, 2.05) is 6.92 Å². The summed E-state index contributed by atoms with van der Waals surface area (Å²) in [6.45, 7) is 3.38. The number of carbonyl (C=O) groups is 1. The molecule has 0 aromatic heterocycles. The third-order valence-corrected chi connectivity index (χ3v) is 9.43. The molecule has 8 heteroatoms. The molecule has 0 aliphatic carbocycles. The Kier molecular flexibility index (Phi) is 10.6. The number of hydrogen-bond donors (Lipinski definition) is 0. The summed E-state index contributed by atoms with van der Waals surface area (Å²) in [6.07, 6.45) is -5.77. The lowest BCUT2D eigenvalue weighted by molar-refractivity contribution is -0.188. The maximum Gasteiger partial charge on any atom is 0.430 e. The summed E-state index contributed by atoms with van der Waals surface area (Å²) in [5.41, 5.74) is 1.50. The van der Waals surface area contributed by atoms with E-state index in [1.165, 1.54) is 28.9 Å². The molecule has 1 unspecified atom stereocenters. The van der Waals surface area contributed by atoms with Crippen molar-refractivity contribution in [2.75, 3.05) is 6.61 Å². The van der Waals surface area contributed by atoms with E-state index in [0.717, 1.165) is 5.56 Å². The highest BCUT2D eigenvalue weighted by Gasteiger charge is 2.49. The van der Waals surface area contributed by atoms with Crippen LogP contribution in [0.4, 0.5) is 13.2 Å². The zero-order valence-corrected chi connectivity index (χ0v) is 25.6. The van der Waals surface area contributed by atoms with Gasteiger partial charge in [0.15, 0.2) is 0 Å². The Balaban J connectivity index is 0.000000191. The minimum atomic E-state index is -4.69. The van der Waals surface area contributed by atoms with E-state index < -0.39 is 31.7 Å². The van der Waals surface area contributed by atoms with Crippen LogP contribution < -0.4 is 20.7 Å². The molecule has 0 spiro atoms. The average Bonchev–Trinajstić information content (AvgIpc) is 2.98. The van der Waals surface area contributed by atoms with Crippen molar-refractivity contribution >= 4 is 58.5 Å². The molecule has 5 rings (SSSR count). The van der Waals surface area contributed by atoms with Gasteiger partial charge >= 0.3 is 12.1 Å². The average molecular weight is 688 g/mol. The van der Waals surface area contributed by atoms with Gasteiger partial charge in [0.25, 0.3) is 0 Å². The van der Waals surface area contributed by atoms with E-state index in [0.29, 0.717) is 15.6 Å². The fraction of sp³-hybridized carbons (Fsp3) is 0.182. The molecule has 0 N–H and O–H groups in total. The Bertz CT molecular complexity index is 1380. The lowest BCUT2D eigenvalue weighted by Crippen LogP contribution is -2.41. The Morgan fingerprint density at radius 2 is 1.37 bits per heavy atom. The van der Waals surface area contributed by atoms with Crippen LogP contribution >= 0.6 is 30.5 Å². The summed E-state index contributed by atoms with van der Waals surface area (Å²) in [7, 11) is -0.446. The van der Waals surface area contributed by atoms with Gasteiger partial charge in [-0.15, -0.1) is 0 Å². The first-order valence-corrected chi connectivity index (χ1v) is 15.9. The zero-order chi connectivity index (χ0) is 29.4. The van der Waals surface area contributed by atoms with Crippen LogP contribution in [0.1, 0.15) is 23.6 Å². The van der Waals surface area contributed by atoms with Crippen LogP contribution in [0, 0.1) is 6.92 Å². The summed E-state index contributed by atoms with van der Waals surface area (Å²) in [5.74, 6) is -0.830. The van der Waals surface area contributed by atoms with Gasteiger partial charge < -0.3 is 9.47 Å². The molecule has 212 valence electrons. The molecule has 0 bridgehead atoms. The fourth-order valence-electron chi connectivity index (χ4n) is 4.45. The van der Waals surface area contributed by atoms with E-state index in [9.17, 15) is 18.0 Å². The summed E-state index contributed by atoms with van der Waals surface area (Å²) < 4.78 is 50.1. The van der Waals surface area contributed by atoms with Gasteiger partial charge in [0, 0.05) is 15.6 Å². The second kappa shape index (κ2) is 14.1. The first kappa shape index (κ1) is 30.8. The number of esters is 1. The normalized spacial score (nSPS) is 14.2. The van der Waals surface area contributed by atoms with Crippen LogP contribution in [-0.4, -0.2) is 24.9 Å². The maximum atomic E-state index is 13.2. The topological polar surface area (TPSA) is 35.5 Å². The maximum absolute atomic E-state index is 13.2. The van der Waals surface area contributed by atoms with E-state index >= 15 is 0 Å². The summed E-state index contributed by atoms with van der Waals surface area (Å²) in [6, 6.07) is 35.8. The first-order valence-electron chi connectivity index (χ1n) is 13.0. The van der Waals surface area contributed by atoms with Crippen LogP contribution in [-0.2, 0) is 14.0 Å².